The molecule has 1 aliphatic rings. The molecule has 0 aliphatic carbocycles. The van der Waals surface area contributed by atoms with Crippen molar-refractivity contribution in [2.75, 3.05) is 0 Å². The molecule has 0 unspecified atom stereocenters. The van der Waals surface area contributed by atoms with Gasteiger partial charge in [0.15, 0.2) is 0 Å². The quantitative estimate of drug-likeness (QED) is 0.596. The summed E-state index contributed by atoms with van der Waals surface area (Å²) in [5, 5.41) is 11.9. The minimum atomic E-state index is -0.893. The summed E-state index contributed by atoms with van der Waals surface area (Å²) in [6.45, 7) is 0. The largest absolute Gasteiger partial charge is 0.481 e. The Bertz CT molecular complexity index is 913. The molecule has 2 aromatic carbocycles. The van der Waals surface area contributed by atoms with Gasteiger partial charge in [-0.25, -0.2) is 0 Å². The van der Waals surface area contributed by atoms with Crippen LogP contribution in [0, 0.1) is 0 Å². The van der Waals surface area contributed by atoms with Crippen molar-refractivity contribution in [3.8, 4) is 0 Å². The lowest BCUT2D eigenvalue weighted by atomic mass is 9.95. The number of carboxylic acids is 1. The van der Waals surface area contributed by atoms with E-state index in [1.165, 1.54) is 0 Å². The number of amides is 1. The van der Waals surface area contributed by atoms with E-state index in [9.17, 15) is 9.59 Å². The average molecular weight is 477 g/mol. The first kappa shape index (κ1) is 18.6. The summed E-state index contributed by atoms with van der Waals surface area (Å²) in [6.07, 6.45) is 2.04. The fraction of sp³-hybridized carbons (Fsp3) is 0.100. The van der Waals surface area contributed by atoms with Crippen molar-refractivity contribution in [1.82, 2.24) is 5.32 Å². The lowest BCUT2D eigenvalue weighted by Crippen LogP contribution is -2.17. The van der Waals surface area contributed by atoms with Crippen molar-refractivity contribution in [3.63, 3.8) is 0 Å². The molecule has 132 valence electrons. The van der Waals surface area contributed by atoms with Crippen LogP contribution in [-0.2, 0) is 9.59 Å². The highest BCUT2D eigenvalue weighted by atomic mass is 79.9. The Hall–Kier alpha value is -2.18. The number of carbonyl (C=O) groups is 2. The molecule has 2 aromatic rings. The highest BCUT2D eigenvalue weighted by molar-refractivity contribution is 9.10. The Balaban J connectivity index is 2.05. The van der Waals surface area contributed by atoms with Crippen molar-refractivity contribution in [3.05, 3.63) is 80.3 Å². The molecule has 0 radical (unpaired) electrons. The molecule has 2 N–H and O–H groups in total. The van der Waals surface area contributed by atoms with E-state index >= 15 is 0 Å². The third-order valence-corrected chi connectivity index (χ3v) is 5.10. The molecule has 0 bridgehead atoms. The van der Waals surface area contributed by atoms with Gasteiger partial charge >= 0.3 is 5.97 Å². The van der Waals surface area contributed by atoms with Gasteiger partial charge in [-0.15, -0.1) is 0 Å². The Morgan fingerprint density at radius 2 is 1.50 bits per heavy atom. The van der Waals surface area contributed by atoms with Crippen molar-refractivity contribution in [1.29, 1.82) is 0 Å². The molecule has 1 aliphatic heterocycles. The van der Waals surface area contributed by atoms with E-state index in [1.807, 2.05) is 48.5 Å². The topological polar surface area (TPSA) is 66.4 Å². The molecule has 26 heavy (non-hydrogen) atoms. The maximum absolute atomic E-state index is 12.6. The number of nitrogens with one attached hydrogen (secondary N) is 1. The number of carbonyl (C=O) groups excluding carboxylic acids is 1. The number of allylic oxidation sites excluding steroid dienone is 1. The summed E-state index contributed by atoms with van der Waals surface area (Å²) in [5.41, 5.74) is 3.68. The van der Waals surface area contributed by atoms with Crippen LogP contribution in [0.5, 0.6) is 0 Å². The van der Waals surface area contributed by atoms with Gasteiger partial charge in [0.1, 0.15) is 0 Å². The predicted octanol–water partition coefficient (Wildman–Crippen LogP) is 5.00. The second kappa shape index (κ2) is 8.01. The monoisotopic (exact) mass is 475 g/mol. The van der Waals surface area contributed by atoms with E-state index in [4.69, 9.17) is 5.11 Å². The van der Waals surface area contributed by atoms with Gasteiger partial charge in [0, 0.05) is 26.6 Å². The van der Waals surface area contributed by atoms with Crippen molar-refractivity contribution in [2.45, 2.75) is 12.8 Å². The van der Waals surface area contributed by atoms with Crippen LogP contribution in [0.4, 0.5) is 0 Å². The lowest BCUT2D eigenvalue weighted by molar-refractivity contribution is -0.136. The van der Waals surface area contributed by atoms with Gasteiger partial charge in [-0.05, 0) is 53.5 Å². The zero-order chi connectivity index (χ0) is 18.7. The molecule has 0 aromatic heterocycles. The Labute approximate surface area is 167 Å². The van der Waals surface area contributed by atoms with Crippen molar-refractivity contribution < 1.29 is 14.7 Å². The maximum atomic E-state index is 12.6. The molecular weight excluding hydrogens is 462 g/mol. The van der Waals surface area contributed by atoms with Crippen molar-refractivity contribution in [2.24, 2.45) is 0 Å². The summed E-state index contributed by atoms with van der Waals surface area (Å²) in [7, 11) is 0. The zero-order valence-electron chi connectivity index (χ0n) is 13.6. The summed E-state index contributed by atoms with van der Waals surface area (Å²) in [5.74, 6) is -1.11. The standard InChI is InChI=1S/C20H15Br2NO3/c21-14-5-1-12(2-6-14)16(9-10-19(24)25)17-11-18(23-20(17)26)13-3-7-15(22)8-4-13/h1-8,11H,9-10H2,(H,23,26)(H,24,25). The normalized spacial score (nSPS) is 15.5. The van der Waals surface area contributed by atoms with Crippen LogP contribution in [0.1, 0.15) is 24.0 Å². The zero-order valence-corrected chi connectivity index (χ0v) is 16.8. The number of aliphatic carboxylic acids is 1. The molecule has 6 heteroatoms. The minimum Gasteiger partial charge on any atom is -0.481 e. The average Bonchev–Trinajstić information content (AvgIpc) is 2.99. The number of hydrogen-bond donors (Lipinski definition) is 2. The van der Waals surface area contributed by atoms with Crippen LogP contribution in [0.25, 0.3) is 11.3 Å². The molecular formula is C20H15Br2NO3. The summed E-state index contributed by atoms with van der Waals surface area (Å²) < 4.78 is 1.88. The fourth-order valence-corrected chi connectivity index (χ4v) is 3.29. The van der Waals surface area contributed by atoms with Crippen LogP contribution in [0.15, 0.2) is 69.1 Å². The smallest absolute Gasteiger partial charge is 0.303 e. The number of benzene rings is 2. The van der Waals surface area contributed by atoms with E-state index in [2.05, 4.69) is 37.2 Å². The predicted molar refractivity (Wildman–Crippen MR) is 108 cm³/mol. The molecule has 0 fully saturated rings. The van der Waals surface area contributed by atoms with Crippen LogP contribution in [0.3, 0.4) is 0 Å². The van der Waals surface area contributed by atoms with E-state index in [1.54, 1.807) is 6.08 Å². The second-order valence-corrected chi connectivity index (χ2v) is 7.64. The number of halogens is 2. The fourth-order valence-electron chi connectivity index (χ4n) is 2.76. The molecule has 0 atom stereocenters. The third-order valence-electron chi connectivity index (χ3n) is 4.04. The number of hydrogen-bond acceptors (Lipinski definition) is 2. The van der Waals surface area contributed by atoms with Gasteiger partial charge in [-0.3, -0.25) is 9.59 Å². The van der Waals surface area contributed by atoms with Gasteiger partial charge in [0.2, 0.25) is 0 Å². The first-order valence-corrected chi connectivity index (χ1v) is 9.52. The van der Waals surface area contributed by atoms with Crippen LogP contribution >= 0.6 is 31.9 Å². The molecule has 0 spiro atoms. The molecule has 3 rings (SSSR count). The van der Waals surface area contributed by atoms with Gasteiger partial charge in [0.05, 0.1) is 0 Å². The van der Waals surface area contributed by atoms with Gasteiger partial charge < -0.3 is 10.4 Å². The lowest BCUT2D eigenvalue weighted by Gasteiger charge is -2.09. The van der Waals surface area contributed by atoms with E-state index in [0.29, 0.717) is 11.3 Å². The van der Waals surface area contributed by atoms with Gasteiger partial charge in [-0.2, -0.15) is 0 Å². The first-order chi connectivity index (χ1) is 12.4. The van der Waals surface area contributed by atoms with Crippen molar-refractivity contribution >= 4 is 55.0 Å². The molecule has 0 saturated carbocycles. The van der Waals surface area contributed by atoms with E-state index in [0.717, 1.165) is 25.6 Å². The Kier molecular flexibility index (Phi) is 5.74. The highest BCUT2D eigenvalue weighted by Crippen LogP contribution is 2.31. The summed E-state index contributed by atoms with van der Waals surface area (Å²) in [4.78, 5) is 23.6. The summed E-state index contributed by atoms with van der Waals surface area (Å²) >= 11 is 6.79. The molecule has 1 heterocycles. The second-order valence-electron chi connectivity index (χ2n) is 5.81. The minimum absolute atomic E-state index is 0.0381. The van der Waals surface area contributed by atoms with Crippen LogP contribution in [-0.4, -0.2) is 17.0 Å². The molecule has 1 amide bonds. The Morgan fingerprint density at radius 3 is 2.08 bits per heavy atom. The SMILES string of the molecule is O=C(O)CCC(=C1C=C(c2ccc(Br)cc2)NC1=O)c1ccc(Br)cc1. The first-order valence-electron chi connectivity index (χ1n) is 7.94. The molecule has 0 saturated heterocycles. The van der Waals surface area contributed by atoms with Gasteiger partial charge in [-0.1, -0.05) is 56.1 Å². The Morgan fingerprint density at radius 1 is 0.923 bits per heavy atom. The maximum Gasteiger partial charge on any atom is 0.303 e. The molecule has 4 nitrogen and oxygen atoms in total. The van der Waals surface area contributed by atoms with E-state index in [-0.39, 0.29) is 18.7 Å². The van der Waals surface area contributed by atoms with Gasteiger partial charge in [0.25, 0.3) is 5.91 Å². The third kappa shape index (κ3) is 4.31. The van der Waals surface area contributed by atoms with E-state index < -0.39 is 5.97 Å². The highest BCUT2D eigenvalue weighted by Gasteiger charge is 2.23. The number of rotatable bonds is 5. The number of carboxylic acid groups (broad SMARTS) is 1. The summed E-state index contributed by atoms with van der Waals surface area (Å²) in [6, 6.07) is 15.2. The van der Waals surface area contributed by atoms with Crippen LogP contribution in [0.2, 0.25) is 0 Å². The van der Waals surface area contributed by atoms with Crippen LogP contribution < -0.4 is 5.32 Å².